The number of halogens is 3. The summed E-state index contributed by atoms with van der Waals surface area (Å²) in [6.07, 6.45) is 0. The van der Waals surface area contributed by atoms with Crippen molar-refractivity contribution in [2.75, 3.05) is 17.7 Å². The molecule has 134 valence electrons. The van der Waals surface area contributed by atoms with Gasteiger partial charge in [-0.1, -0.05) is 23.2 Å². The molecule has 0 aliphatic carbocycles. The van der Waals surface area contributed by atoms with Crippen LogP contribution in [0.25, 0.3) is 0 Å². The van der Waals surface area contributed by atoms with Crippen LogP contribution in [0.15, 0.2) is 42.5 Å². The minimum atomic E-state index is -0.480. The van der Waals surface area contributed by atoms with E-state index in [2.05, 4.69) is 20.6 Å². The molecule has 1 aromatic heterocycles. The Bertz CT molecular complexity index is 952. The minimum Gasteiger partial charge on any atom is -0.495 e. The van der Waals surface area contributed by atoms with Gasteiger partial charge >= 0.3 is 0 Å². The van der Waals surface area contributed by atoms with Crippen molar-refractivity contribution in [2.45, 2.75) is 6.92 Å². The first-order valence-corrected chi connectivity index (χ1v) is 8.38. The molecule has 2 N–H and O–H groups in total. The van der Waals surface area contributed by atoms with Gasteiger partial charge in [0.05, 0.1) is 17.8 Å². The number of benzene rings is 2. The van der Waals surface area contributed by atoms with Crippen LogP contribution in [-0.2, 0) is 0 Å². The Morgan fingerprint density at radius 3 is 2.54 bits per heavy atom. The lowest BCUT2D eigenvalue weighted by atomic mass is 10.3. The van der Waals surface area contributed by atoms with Gasteiger partial charge in [0, 0.05) is 22.5 Å². The molecule has 0 saturated carbocycles. The van der Waals surface area contributed by atoms with E-state index in [1.807, 2.05) is 6.92 Å². The standard InChI is InChI=1S/C18H15Cl2FN4O/c1-10-7-17(23-12-4-5-14(21)13(20)9-12)25-18(22-10)24-15-8-11(19)3-6-16(15)26-2/h3-9H,1-2H3,(H2,22,23,24,25). The Kier molecular flexibility index (Phi) is 5.44. The van der Waals surface area contributed by atoms with Crippen molar-refractivity contribution in [3.8, 4) is 5.75 Å². The third-order valence-electron chi connectivity index (χ3n) is 3.45. The van der Waals surface area contributed by atoms with E-state index in [1.54, 1.807) is 37.4 Å². The Morgan fingerprint density at radius 1 is 1.00 bits per heavy atom. The first kappa shape index (κ1) is 18.2. The lowest BCUT2D eigenvalue weighted by Gasteiger charge is -2.13. The molecule has 3 aromatic rings. The van der Waals surface area contributed by atoms with E-state index < -0.39 is 5.82 Å². The molecule has 26 heavy (non-hydrogen) atoms. The average molecular weight is 393 g/mol. The summed E-state index contributed by atoms with van der Waals surface area (Å²) in [5, 5.41) is 6.76. The molecule has 0 fully saturated rings. The quantitative estimate of drug-likeness (QED) is 0.580. The second-order valence-corrected chi connectivity index (χ2v) is 6.29. The molecule has 0 atom stereocenters. The number of aromatic nitrogens is 2. The highest BCUT2D eigenvalue weighted by Crippen LogP contribution is 2.30. The van der Waals surface area contributed by atoms with Crippen LogP contribution in [0.2, 0.25) is 10.0 Å². The number of anilines is 4. The Balaban J connectivity index is 1.88. The fourth-order valence-corrected chi connectivity index (χ4v) is 2.66. The van der Waals surface area contributed by atoms with Crippen molar-refractivity contribution in [1.82, 2.24) is 9.97 Å². The van der Waals surface area contributed by atoms with Crippen molar-refractivity contribution in [3.63, 3.8) is 0 Å². The molecule has 1 heterocycles. The number of ether oxygens (including phenoxy) is 1. The summed E-state index contributed by atoms with van der Waals surface area (Å²) in [6.45, 7) is 1.84. The van der Waals surface area contributed by atoms with E-state index in [9.17, 15) is 4.39 Å². The summed E-state index contributed by atoms with van der Waals surface area (Å²) in [6, 6.07) is 11.3. The highest BCUT2D eigenvalue weighted by Gasteiger charge is 2.09. The van der Waals surface area contributed by atoms with Crippen LogP contribution < -0.4 is 15.4 Å². The van der Waals surface area contributed by atoms with E-state index in [4.69, 9.17) is 27.9 Å². The van der Waals surface area contributed by atoms with E-state index in [0.29, 0.717) is 33.9 Å². The molecule has 0 aliphatic rings. The number of rotatable bonds is 5. The van der Waals surface area contributed by atoms with Crippen LogP contribution in [0.1, 0.15) is 5.69 Å². The highest BCUT2D eigenvalue weighted by molar-refractivity contribution is 6.31. The van der Waals surface area contributed by atoms with Crippen molar-refractivity contribution in [2.24, 2.45) is 0 Å². The summed E-state index contributed by atoms with van der Waals surface area (Å²) in [5.41, 5.74) is 1.99. The van der Waals surface area contributed by atoms with Gasteiger partial charge in [0.15, 0.2) is 0 Å². The number of nitrogens with zero attached hydrogens (tertiary/aromatic N) is 2. The number of nitrogens with one attached hydrogen (secondary N) is 2. The maximum absolute atomic E-state index is 13.3. The van der Waals surface area contributed by atoms with Gasteiger partial charge in [-0.15, -0.1) is 0 Å². The first-order valence-electron chi connectivity index (χ1n) is 7.63. The largest absolute Gasteiger partial charge is 0.495 e. The van der Waals surface area contributed by atoms with Gasteiger partial charge in [0.25, 0.3) is 0 Å². The number of aryl methyl sites for hydroxylation is 1. The predicted octanol–water partition coefficient (Wildman–Crippen LogP) is 5.73. The molecular formula is C18H15Cl2FN4O. The molecule has 3 rings (SSSR count). The molecule has 0 saturated heterocycles. The van der Waals surface area contributed by atoms with Crippen LogP contribution >= 0.6 is 23.2 Å². The van der Waals surface area contributed by atoms with E-state index >= 15 is 0 Å². The zero-order chi connectivity index (χ0) is 18.7. The molecule has 0 radical (unpaired) electrons. The fourth-order valence-electron chi connectivity index (χ4n) is 2.31. The summed E-state index contributed by atoms with van der Waals surface area (Å²) in [5.74, 6) is 1.02. The summed E-state index contributed by atoms with van der Waals surface area (Å²) in [7, 11) is 1.57. The monoisotopic (exact) mass is 392 g/mol. The third kappa shape index (κ3) is 4.33. The van der Waals surface area contributed by atoms with Crippen LogP contribution in [0.3, 0.4) is 0 Å². The third-order valence-corrected chi connectivity index (χ3v) is 3.98. The second kappa shape index (κ2) is 7.76. The molecule has 0 aliphatic heterocycles. The second-order valence-electron chi connectivity index (χ2n) is 5.44. The normalized spacial score (nSPS) is 10.5. The smallest absolute Gasteiger partial charge is 0.229 e. The average Bonchev–Trinajstić information content (AvgIpc) is 2.58. The van der Waals surface area contributed by atoms with Crippen LogP contribution in [0.4, 0.5) is 27.5 Å². The maximum atomic E-state index is 13.3. The lowest BCUT2D eigenvalue weighted by molar-refractivity contribution is 0.417. The Hall–Kier alpha value is -2.57. The van der Waals surface area contributed by atoms with Crippen molar-refractivity contribution in [1.29, 1.82) is 0 Å². The van der Waals surface area contributed by atoms with Gasteiger partial charge in [-0.05, 0) is 43.3 Å². The molecule has 0 bridgehead atoms. The number of hydrogen-bond acceptors (Lipinski definition) is 5. The van der Waals surface area contributed by atoms with Gasteiger partial charge < -0.3 is 15.4 Å². The van der Waals surface area contributed by atoms with Gasteiger partial charge in [-0.25, -0.2) is 9.37 Å². The SMILES string of the molecule is COc1ccc(Cl)cc1Nc1nc(C)cc(Nc2ccc(F)c(Cl)c2)n1. The summed E-state index contributed by atoms with van der Waals surface area (Å²) in [4.78, 5) is 8.77. The zero-order valence-electron chi connectivity index (χ0n) is 14.0. The zero-order valence-corrected chi connectivity index (χ0v) is 15.5. The minimum absolute atomic E-state index is 0.0304. The van der Waals surface area contributed by atoms with E-state index in [-0.39, 0.29) is 5.02 Å². The van der Waals surface area contributed by atoms with E-state index in [1.165, 1.54) is 12.1 Å². The number of methoxy groups -OCH3 is 1. The highest BCUT2D eigenvalue weighted by atomic mass is 35.5. The van der Waals surface area contributed by atoms with Crippen LogP contribution in [-0.4, -0.2) is 17.1 Å². The maximum Gasteiger partial charge on any atom is 0.229 e. The fraction of sp³-hybridized carbons (Fsp3) is 0.111. The molecule has 0 spiro atoms. The molecule has 5 nitrogen and oxygen atoms in total. The van der Waals surface area contributed by atoms with Crippen molar-refractivity contribution < 1.29 is 9.13 Å². The molecule has 0 amide bonds. The van der Waals surface area contributed by atoms with Crippen molar-refractivity contribution >= 4 is 46.3 Å². The summed E-state index contributed by atoms with van der Waals surface area (Å²) >= 11 is 11.9. The Morgan fingerprint density at radius 2 is 1.81 bits per heavy atom. The molecule has 0 unspecified atom stereocenters. The predicted molar refractivity (Wildman–Crippen MR) is 103 cm³/mol. The van der Waals surface area contributed by atoms with Crippen LogP contribution in [0.5, 0.6) is 5.75 Å². The van der Waals surface area contributed by atoms with Crippen LogP contribution in [0, 0.1) is 12.7 Å². The van der Waals surface area contributed by atoms with Crippen molar-refractivity contribution in [3.05, 3.63) is 64.0 Å². The first-order chi connectivity index (χ1) is 12.4. The van der Waals surface area contributed by atoms with Gasteiger partial charge in [0.2, 0.25) is 5.95 Å². The topological polar surface area (TPSA) is 59.1 Å². The molecule has 8 heteroatoms. The lowest BCUT2D eigenvalue weighted by Crippen LogP contribution is -2.03. The summed E-state index contributed by atoms with van der Waals surface area (Å²) < 4.78 is 18.6. The van der Waals surface area contributed by atoms with Gasteiger partial charge in [-0.2, -0.15) is 4.98 Å². The van der Waals surface area contributed by atoms with Gasteiger partial charge in [-0.3, -0.25) is 0 Å². The van der Waals surface area contributed by atoms with Gasteiger partial charge in [0.1, 0.15) is 17.4 Å². The molecule has 2 aromatic carbocycles. The number of hydrogen-bond donors (Lipinski definition) is 2. The molecular weight excluding hydrogens is 378 g/mol. The Labute approximate surface area is 160 Å². The van der Waals surface area contributed by atoms with E-state index in [0.717, 1.165) is 5.69 Å².